The maximum atomic E-state index is 9.87. The van der Waals surface area contributed by atoms with E-state index in [0.29, 0.717) is 15.8 Å². The van der Waals surface area contributed by atoms with Gasteiger partial charge in [0.05, 0.1) is 21.8 Å². The van der Waals surface area contributed by atoms with Crippen LogP contribution < -0.4 is 5.32 Å². The lowest BCUT2D eigenvalue weighted by molar-refractivity contribution is 0.469. The largest absolute Gasteiger partial charge is 0.508 e. The lowest BCUT2D eigenvalue weighted by Gasteiger charge is -2.18. The van der Waals surface area contributed by atoms with E-state index in [1.54, 1.807) is 6.07 Å². The Hall–Kier alpha value is -0.900. The Kier molecular flexibility index (Phi) is 3.85. The van der Waals surface area contributed by atoms with Crippen LogP contribution in [0.5, 0.6) is 5.75 Å². The first-order valence-electron chi connectivity index (χ1n) is 6.28. The molecule has 2 N–H and O–H groups in total. The van der Waals surface area contributed by atoms with Crippen LogP contribution >= 0.6 is 39.1 Å². The first kappa shape index (κ1) is 14.1. The molecule has 0 bridgehead atoms. The minimum Gasteiger partial charge on any atom is -0.508 e. The van der Waals surface area contributed by atoms with Crippen LogP contribution in [0.4, 0.5) is 5.69 Å². The minimum atomic E-state index is 0.119. The van der Waals surface area contributed by atoms with Gasteiger partial charge >= 0.3 is 0 Å². The summed E-state index contributed by atoms with van der Waals surface area (Å²) in [6, 6.07) is 9.36. The van der Waals surface area contributed by atoms with E-state index in [9.17, 15) is 5.11 Å². The summed E-state index contributed by atoms with van der Waals surface area (Å²) >= 11 is 15.9. The van der Waals surface area contributed by atoms with Gasteiger partial charge in [0.25, 0.3) is 0 Å². The highest BCUT2D eigenvalue weighted by Gasteiger charge is 2.25. The number of aromatic hydroxyl groups is 1. The standard InChI is InChI=1S/C15H12BrCl2NO/c16-8-6-11(17)15(12(18)7-8)19-13-5-4-10-9(13)2-1-3-14(10)20/h1-3,6-7,13,19-20H,4-5H2. The first-order valence-corrected chi connectivity index (χ1v) is 7.83. The highest BCUT2D eigenvalue weighted by atomic mass is 79.9. The molecule has 2 nitrogen and oxygen atoms in total. The van der Waals surface area contributed by atoms with Crippen molar-refractivity contribution in [1.29, 1.82) is 0 Å². The minimum absolute atomic E-state index is 0.119. The van der Waals surface area contributed by atoms with E-state index in [4.69, 9.17) is 23.2 Å². The fourth-order valence-corrected chi connectivity index (χ4v) is 3.96. The number of benzene rings is 2. The normalized spacial score (nSPS) is 17.1. The van der Waals surface area contributed by atoms with Crippen molar-refractivity contribution in [1.82, 2.24) is 0 Å². The molecule has 2 aromatic carbocycles. The molecule has 0 amide bonds. The molecule has 104 valence electrons. The van der Waals surface area contributed by atoms with Gasteiger partial charge in [-0.2, -0.15) is 0 Å². The molecule has 0 fully saturated rings. The van der Waals surface area contributed by atoms with E-state index in [2.05, 4.69) is 21.2 Å². The summed E-state index contributed by atoms with van der Waals surface area (Å²) in [4.78, 5) is 0. The summed E-state index contributed by atoms with van der Waals surface area (Å²) in [5.74, 6) is 0.361. The highest BCUT2D eigenvalue weighted by molar-refractivity contribution is 9.10. The van der Waals surface area contributed by atoms with Crippen molar-refractivity contribution in [2.24, 2.45) is 0 Å². The summed E-state index contributed by atoms with van der Waals surface area (Å²) in [5.41, 5.74) is 2.85. The molecule has 0 aliphatic heterocycles. The molecule has 1 unspecified atom stereocenters. The second-order valence-electron chi connectivity index (χ2n) is 4.82. The van der Waals surface area contributed by atoms with E-state index < -0.39 is 0 Å². The number of fused-ring (bicyclic) bond motifs is 1. The Labute approximate surface area is 135 Å². The van der Waals surface area contributed by atoms with Crippen LogP contribution in [0.2, 0.25) is 10.0 Å². The molecule has 0 saturated heterocycles. The van der Waals surface area contributed by atoms with Gasteiger partial charge in [0.2, 0.25) is 0 Å². The molecule has 0 spiro atoms. The summed E-state index contributed by atoms with van der Waals surface area (Å²) < 4.78 is 0.850. The number of nitrogens with one attached hydrogen (secondary N) is 1. The Morgan fingerprint density at radius 2 is 1.90 bits per heavy atom. The molecule has 0 saturated carbocycles. The third-order valence-corrected chi connectivity index (χ3v) is 4.63. The van der Waals surface area contributed by atoms with Gasteiger partial charge < -0.3 is 10.4 Å². The number of rotatable bonds is 2. The molecule has 0 heterocycles. The third kappa shape index (κ3) is 2.50. The summed E-state index contributed by atoms with van der Waals surface area (Å²) in [7, 11) is 0. The van der Waals surface area contributed by atoms with Crippen molar-refractivity contribution in [2.45, 2.75) is 18.9 Å². The van der Waals surface area contributed by atoms with Gasteiger partial charge in [-0.25, -0.2) is 0 Å². The first-order chi connectivity index (χ1) is 9.56. The topological polar surface area (TPSA) is 32.3 Å². The van der Waals surface area contributed by atoms with E-state index >= 15 is 0 Å². The number of phenols is 1. The maximum Gasteiger partial charge on any atom is 0.119 e. The molecule has 5 heteroatoms. The molecular weight excluding hydrogens is 361 g/mol. The Morgan fingerprint density at radius 3 is 2.60 bits per heavy atom. The van der Waals surface area contributed by atoms with E-state index in [1.165, 1.54) is 0 Å². The van der Waals surface area contributed by atoms with Crippen molar-refractivity contribution in [3.05, 3.63) is 56.0 Å². The summed E-state index contributed by atoms with van der Waals surface area (Å²) in [5, 5.41) is 14.4. The van der Waals surface area contributed by atoms with Crippen LogP contribution in [0.15, 0.2) is 34.8 Å². The van der Waals surface area contributed by atoms with Gasteiger partial charge in [-0.15, -0.1) is 0 Å². The molecular formula is C15H12BrCl2NO. The van der Waals surface area contributed by atoms with Crippen LogP contribution in [0.3, 0.4) is 0 Å². The number of phenolic OH excluding ortho intramolecular Hbond substituents is 1. The predicted octanol–water partition coefficient (Wildman–Crippen LogP) is 5.56. The lowest BCUT2D eigenvalue weighted by atomic mass is 10.1. The molecule has 20 heavy (non-hydrogen) atoms. The number of hydrogen-bond acceptors (Lipinski definition) is 2. The van der Waals surface area contributed by atoms with Crippen LogP contribution in [-0.4, -0.2) is 5.11 Å². The Morgan fingerprint density at radius 1 is 1.20 bits per heavy atom. The Bertz CT molecular complexity index is 652. The van der Waals surface area contributed by atoms with Crippen molar-refractivity contribution in [3.63, 3.8) is 0 Å². The molecule has 0 aromatic heterocycles. The van der Waals surface area contributed by atoms with Gasteiger partial charge in [0, 0.05) is 4.47 Å². The van der Waals surface area contributed by atoms with Gasteiger partial charge in [-0.3, -0.25) is 0 Å². The van der Waals surface area contributed by atoms with Crippen LogP contribution in [0.25, 0.3) is 0 Å². The zero-order valence-electron chi connectivity index (χ0n) is 10.5. The van der Waals surface area contributed by atoms with Crippen molar-refractivity contribution in [2.75, 3.05) is 5.32 Å². The number of halogens is 3. The second-order valence-corrected chi connectivity index (χ2v) is 6.56. The average molecular weight is 373 g/mol. The molecule has 3 rings (SSSR count). The van der Waals surface area contributed by atoms with Crippen molar-refractivity contribution in [3.8, 4) is 5.75 Å². The molecule has 1 aliphatic rings. The van der Waals surface area contributed by atoms with Gasteiger partial charge in [-0.1, -0.05) is 51.3 Å². The van der Waals surface area contributed by atoms with Crippen LogP contribution in [0, 0.1) is 0 Å². The highest BCUT2D eigenvalue weighted by Crippen LogP contribution is 2.41. The van der Waals surface area contributed by atoms with E-state index in [1.807, 2.05) is 24.3 Å². The summed E-state index contributed by atoms with van der Waals surface area (Å²) in [6.45, 7) is 0. The maximum absolute atomic E-state index is 9.87. The molecule has 0 radical (unpaired) electrons. The fraction of sp³-hybridized carbons (Fsp3) is 0.200. The monoisotopic (exact) mass is 371 g/mol. The van der Waals surface area contributed by atoms with Gasteiger partial charge in [0.1, 0.15) is 5.75 Å². The molecule has 1 atom stereocenters. The van der Waals surface area contributed by atoms with Gasteiger partial charge in [0.15, 0.2) is 0 Å². The third-order valence-electron chi connectivity index (χ3n) is 3.57. The van der Waals surface area contributed by atoms with Crippen LogP contribution in [0.1, 0.15) is 23.6 Å². The van der Waals surface area contributed by atoms with Crippen molar-refractivity contribution >= 4 is 44.8 Å². The predicted molar refractivity (Wildman–Crippen MR) is 87.0 cm³/mol. The van der Waals surface area contributed by atoms with E-state index in [0.717, 1.165) is 34.1 Å². The fourth-order valence-electron chi connectivity index (χ4n) is 2.64. The SMILES string of the molecule is Oc1cccc2c1CCC2Nc1c(Cl)cc(Br)cc1Cl. The van der Waals surface area contributed by atoms with Crippen molar-refractivity contribution < 1.29 is 5.11 Å². The zero-order chi connectivity index (χ0) is 14.3. The number of hydrogen-bond donors (Lipinski definition) is 2. The second kappa shape index (κ2) is 5.47. The van der Waals surface area contributed by atoms with Crippen LogP contribution in [-0.2, 0) is 6.42 Å². The molecule has 1 aliphatic carbocycles. The lowest BCUT2D eigenvalue weighted by Crippen LogP contribution is -2.08. The van der Waals surface area contributed by atoms with Gasteiger partial charge in [-0.05, 0) is 42.2 Å². The Balaban J connectivity index is 1.94. The smallest absolute Gasteiger partial charge is 0.119 e. The molecule has 2 aromatic rings. The zero-order valence-corrected chi connectivity index (χ0v) is 13.6. The number of anilines is 1. The quantitative estimate of drug-likeness (QED) is 0.723. The average Bonchev–Trinajstić information content (AvgIpc) is 2.78. The van der Waals surface area contributed by atoms with E-state index in [-0.39, 0.29) is 6.04 Å². The summed E-state index contributed by atoms with van der Waals surface area (Å²) in [6.07, 6.45) is 1.76.